The Morgan fingerprint density at radius 3 is 2.71 bits per heavy atom. The van der Waals surface area contributed by atoms with E-state index in [1.165, 1.54) is 0 Å². The maximum absolute atomic E-state index is 11.8. The minimum absolute atomic E-state index is 0.278. The summed E-state index contributed by atoms with van der Waals surface area (Å²) in [5.41, 5.74) is 0. The fourth-order valence-electron chi connectivity index (χ4n) is 1.79. The standard InChI is InChI=1S/C10H18F3N3O/c1-7-2-3-14-4-8(7)5-15-9(17)16-6-10(11,12)13/h7-8,14H,2-6H2,1H3,(H2,15,16,17). The summed E-state index contributed by atoms with van der Waals surface area (Å²) >= 11 is 0. The SMILES string of the molecule is CC1CCNCC1CNC(=O)NCC(F)(F)F. The van der Waals surface area contributed by atoms with Gasteiger partial charge in [-0.2, -0.15) is 13.2 Å². The molecule has 0 aromatic carbocycles. The monoisotopic (exact) mass is 253 g/mol. The van der Waals surface area contributed by atoms with Gasteiger partial charge in [-0.05, 0) is 31.3 Å². The Balaban J connectivity index is 2.19. The molecule has 0 aromatic heterocycles. The summed E-state index contributed by atoms with van der Waals surface area (Å²) < 4.78 is 35.5. The van der Waals surface area contributed by atoms with Crippen LogP contribution in [-0.4, -0.2) is 38.4 Å². The summed E-state index contributed by atoms with van der Waals surface area (Å²) in [6.45, 7) is 2.94. The lowest BCUT2D eigenvalue weighted by Gasteiger charge is -2.29. The van der Waals surface area contributed by atoms with E-state index in [0.717, 1.165) is 19.5 Å². The maximum Gasteiger partial charge on any atom is 0.405 e. The molecule has 0 spiro atoms. The van der Waals surface area contributed by atoms with Crippen molar-refractivity contribution in [3.8, 4) is 0 Å². The Hall–Kier alpha value is -0.980. The smallest absolute Gasteiger partial charge is 0.338 e. The summed E-state index contributed by atoms with van der Waals surface area (Å²) in [5, 5.41) is 7.44. The molecule has 1 heterocycles. The fourth-order valence-corrected chi connectivity index (χ4v) is 1.79. The number of alkyl halides is 3. The van der Waals surface area contributed by atoms with E-state index in [-0.39, 0.29) is 5.92 Å². The molecular weight excluding hydrogens is 235 g/mol. The van der Waals surface area contributed by atoms with Crippen LogP contribution in [0.3, 0.4) is 0 Å². The predicted octanol–water partition coefficient (Wildman–Crippen LogP) is 1.09. The normalized spacial score (nSPS) is 25.4. The van der Waals surface area contributed by atoms with Crippen molar-refractivity contribution >= 4 is 6.03 Å². The second-order valence-corrected chi connectivity index (χ2v) is 4.41. The van der Waals surface area contributed by atoms with Gasteiger partial charge in [0.05, 0.1) is 0 Å². The number of carbonyl (C=O) groups excluding carboxylic acids is 1. The second kappa shape index (κ2) is 6.09. The van der Waals surface area contributed by atoms with Crippen molar-refractivity contribution in [2.45, 2.75) is 19.5 Å². The third kappa shape index (κ3) is 5.76. The summed E-state index contributed by atoms with van der Waals surface area (Å²) in [5.74, 6) is 0.750. The average molecular weight is 253 g/mol. The van der Waals surface area contributed by atoms with Gasteiger partial charge < -0.3 is 16.0 Å². The largest absolute Gasteiger partial charge is 0.405 e. The van der Waals surface area contributed by atoms with Crippen LogP contribution in [0.25, 0.3) is 0 Å². The van der Waals surface area contributed by atoms with Gasteiger partial charge in [-0.3, -0.25) is 0 Å². The Labute approximate surface area is 98.3 Å². The third-order valence-electron chi connectivity index (χ3n) is 2.96. The van der Waals surface area contributed by atoms with Crippen molar-refractivity contribution in [1.29, 1.82) is 0 Å². The first-order chi connectivity index (χ1) is 7.88. The molecule has 100 valence electrons. The highest BCUT2D eigenvalue weighted by Crippen LogP contribution is 2.17. The molecule has 0 saturated carbocycles. The van der Waals surface area contributed by atoms with Crippen LogP contribution >= 0.6 is 0 Å². The summed E-state index contributed by atoms with van der Waals surface area (Å²) in [6, 6.07) is -0.764. The van der Waals surface area contributed by atoms with E-state index in [0.29, 0.717) is 12.5 Å². The van der Waals surface area contributed by atoms with Crippen LogP contribution in [-0.2, 0) is 0 Å². The van der Waals surface area contributed by atoms with Gasteiger partial charge in [0.1, 0.15) is 6.54 Å². The Kier molecular flexibility index (Phi) is 5.04. The molecule has 2 amide bonds. The number of hydrogen-bond donors (Lipinski definition) is 3. The number of amides is 2. The zero-order valence-electron chi connectivity index (χ0n) is 9.73. The van der Waals surface area contributed by atoms with Crippen molar-refractivity contribution in [3.05, 3.63) is 0 Å². The average Bonchev–Trinajstić information content (AvgIpc) is 2.24. The van der Waals surface area contributed by atoms with Crippen molar-refractivity contribution in [2.24, 2.45) is 11.8 Å². The van der Waals surface area contributed by atoms with Gasteiger partial charge in [0.25, 0.3) is 0 Å². The Bertz CT molecular complexity index is 258. The molecule has 1 aliphatic rings. The van der Waals surface area contributed by atoms with Gasteiger partial charge in [0, 0.05) is 6.54 Å². The third-order valence-corrected chi connectivity index (χ3v) is 2.96. The van der Waals surface area contributed by atoms with E-state index in [9.17, 15) is 18.0 Å². The molecule has 7 heteroatoms. The molecule has 3 N–H and O–H groups in total. The molecule has 1 rings (SSSR count). The number of carbonyl (C=O) groups is 1. The first-order valence-electron chi connectivity index (χ1n) is 5.67. The molecule has 1 fully saturated rings. The van der Waals surface area contributed by atoms with Crippen LogP contribution < -0.4 is 16.0 Å². The van der Waals surface area contributed by atoms with Gasteiger partial charge >= 0.3 is 12.2 Å². The molecule has 0 bridgehead atoms. The predicted molar refractivity (Wildman–Crippen MR) is 57.6 cm³/mol. The fraction of sp³-hybridized carbons (Fsp3) is 0.900. The maximum atomic E-state index is 11.8. The summed E-state index contributed by atoms with van der Waals surface area (Å²) in [6.07, 6.45) is -3.34. The van der Waals surface area contributed by atoms with Gasteiger partial charge in [-0.15, -0.1) is 0 Å². The molecule has 2 atom stereocenters. The summed E-state index contributed by atoms with van der Waals surface area (Å²) in [7, 11) is 0. The van der Waals surface area contributed by atoms with Crippen molar-refractivity contribution in [3.63, 3.8) is 0 Å². The van der Waals surface area contributed by atoms with E-state index >= 15 is 0 Å². The van der Waals surface area contributed by atoms with E-state index in [1.807, 2.05) is 0 Å². The minimum atomic E-state index is -4.36. The lowest BCUT2D eigenvalue weighted by molar-refractivity contribution is -0.122. The number of nitrogens with one attached hydrogen (secondary N) is 3. The van der Waals surface area contributed by atoms with Crippen LogP contribution in [0.4, 0.5) is 18.0 Å². The number of halogens is 3. The second-order valence-electron chi connectivity index (χ2n) is 4.41. The van der Waals surface area contributed by atoms with Crippen LogP contribution in [0.15, 0.2) is 0 Å². The molecular formula is C10H18F3N3O. The molecule has 2 unspecified atom stereocenters. The minimum Gasteiger partial charge on any atom is -0.338 e. The van der Waals surface area contributed by atoms with E-state index in [2.05, 4.69) is 17.6 Å². The van der Waals surface area contributed by atoms with Crippen LogP contribution in [0.2, 0.25) is 0 Å². The lowest BCUT2D eigenvalue weighted by atomic mass is 9.88. The zero-order valence-corrected chi connectivity index (χ0v) is 9.73. The molecule has 0 aromatic rings. The van der Waals surface area contributed by atoms with Gasteiger partial charge in [-0.25, -0.2) is 4.79 Å². The molecule has 0 aliphatic carbocycles. The molecule has 1 aliphatic heterocycles. The highest BCUT2D eigenvalue weighted by Gasteiger charge is 2.28. The quantitative estimate of drug-likeness (QED) is 0.705. The van der Waals surface area contributed by atoms with Crippen molar-refractivity contribution in [2.75, 3.05) is 26.2 Å². The first kappa shape index (κ1) is 14.1. The van der Waals surface area contributed by atoms with E-state index < -0.39 is 18.8 Å². The highest BCUT2D eigenvalue weighted by molar-refractivity contribution is 5.73. The molecule has 17 heavy (non-hydrogen) atoms. The molecule has 4 nitrogen and oxygen atoms in total. The number of rotatable bonds is 3. The van der Waals surface area contributed by atoms with Crippen molar-refractivity contribution < 1.29 is 18.0 Å². The van der Waals surface area contributed by atoms with Crippen LogP contribution in [0.5, 0.6) is 0 Å². The van der Waals surface area contributed by atoms with Gasteiger partial charge in [0.15, 0.2) is 0 Å². The number of urea groups is 1. The summed E-state index contributed by atoms with van der Waals surface area (Å²) in [4.78, 5) is 11.1. The van der Waals surface area contributed by atoms with Gasteiger partial charge in [0.2, 0.25) is 0 Å². The van der Waals surface area contributed by atoms with Crippen LogP contribution in [0.1, 0.15) is 13.3 Å². The first-order valence-corrected chi connectivity index (χ1v) is 5.67. The molecule has 0 radical (unpaired) electrons. The van der Waals surface area contributed by atoms with Crippen LogP contribution in [0, 0.1) is 11.8 Å². The topological polar surface area (TPSA) is 53.2 Å². The lowest BCUT2D eigenvalue weighted by Crippen LogP contribution is -2.46. The Morgan fingerprint density at radius 1 is 1.41 bits per heavy atom. The Morgan fingerprint density at radius 2 is 2.12 bits per heavy atom. The van der Waals surface area contributed by atoms with E-state index in [1.54, 1.807) is 5.32 Å². The van der Waals surface area contributed by atoms with Gasteiger partial charge in [-0.1, -0.05) is 6.92 Å². The van der Waals surface area contributed by atoms with E-state index in [4.69, 9.17) is 0 Å². The number of hydrogen-bond acceptors (Lipinski definition) is 2. The molecule has 1 saturated heterocycles. The zero-order chi connectivity index (χ0) is 12.9. The van der Waals surface area contributed by atoms with Crippen molar-refractivity contribution in [1.82, 2.24) is 16.0 Å². The number of piperidine rings is 1. The highest BCUT2D eigenvalue weighted by atomic mass is 19.4.